The summed E-state index contributed by atoms with van der Waals surface area (Å²) in [5.41, 5.74) is 0.464. The molecule has 0 saturated carbocycles. The minimum absolute atomic E-state index is 0.116. The number of nitrogens with one attached hydrogen (secondary N) is 1. The molecular formula is C22H29N3O8S. The Morgan fingerprint density at radius 1 is 1.12 bits per heavy atom. The van der Waals surface area contributed by atoms with Crippen molar-refractivity contribution >= 4 is 21.8 Å². The van der Waals surface area contributed by atoms with E-state index in [1.807, 2.05) is 13.8 Å². The van der Waals surface area contributed by atoms with E-state index in [0.29, 0.717) is 17.3 Å². The zero-order valence-corrected chi connectivity index (χ0v) is 19.7. The smallest absolute Gasteiger partial charge is 0.404 e. The molecule has 2 aromatic rings. The summed E-state index contributed by atoms with van der Waals surface area (Å²) in [6, 6.07) is 12.1. The second-order valence-corrected chi connectivity index (χ2v) is 9.43. The molecule has 34 heavy (non-hydrogen) atoms. The third kappa shape index (κ3) is 7.48. The number of carbonyl (C=O) groups is 1. The average molecular weight is 496 g/mol. The number of carboxylic acid groups (broad SMARTS) is 1. The van der Waals surface area contributed by atoms with Crippen molar-refractivity contribution in [3.05, 3.63) is 70.3 Å². The summed E-state index contributed by atoms with van der Waals surface area (Å²) < 4.78 is 27.2. The van der Waals surface area contributed by atoms with Crippen LogP contribution in [-0.4, -0.2) is 58.9 Å². The summed E-state index contributed by atoms with van der Waals surface area (Å²) in [4.78, 5) is 27.0. The van der Waals surface area contributed by atoms with Crippen LogP contribution in [0.3, 0.4) is 0 Å². The van der Waals surface area contributed by atoms with Crippen molar-refractivity contribution in [2.45, 2.75) is 56.3 Å². The molecule has 1 amide bonds. The summed E-state index contributed by atoms with van der Waals surface area (Å²) in [5, 5.41) is 33.3. The minimum Gasteiger partial charge on any atom is -0.465 e. The number of hydroxylamine groups is 1. The molecule has 0 radical (unpaired) electrons. The van der Waals surface area contributed by atoms with E-state index in [-0.39, 0.29) is 17.0 Å². The first kappa shape index (κ1) is 27.2. The van der Waals surface area contributed by atoms with E-state index in [2.05, 4.69) is 5.32 Å². The third-order valence-corrected chi connectivity index (χ3v) is 6.84. The van der Waals surface area contributed by atoms with Crippen molar-refractivity contribution < 1.29 is 33.2 Å². The van der Waals surface area contributed by atoms with E-state index < -0.39 is 45.8 Å². The molecule has 0 bridgehead atoms. The molecule has 0 heterocycles. The van der Waals surface area contributed by atoms with E-state index in [1.165, 1.54) is 0 Å². The highest BCUT2D eigenvalue weighted by atomic mass is 32.2. The van der Waals surface area contributed by atoms with Crippen LogP contribution in [-0.2, 0) is 21.3 Å². The fraction of sp³-hybridized carbons (Fsp3) is 0.409. The zero-order chi connectivity index (χ0) is 25.3. The molecule has 2 rings (SSSR count). The Morgan fingerprint density at radius 2 is 1.71 bits per heavy atom. The van der Waals surface area contributed by atoms with Gasteiger partial charge in [0.25, 0.3) is 15.7 Å². The quantitative estimate of drug-likeness (QED) is 0.282. The Morgan fingerprint density at radius 3 is 2.21 bits per heavy atom. The average Bonchev–Trinajstić information content (AvgIpc) is 2.81. The lowest BCUT2D eigenvalue weighted by molar-refractivity contribution is -0.384. The zero-order valence-electron chi connectivity index (χ0n) is 18.9. The van der Waals surface area contributed by atoms with Crippen molar-refractivity contribution in [3.63, 3.8) is 0 Å². The molecule has 0 aliphatic carbocycles. The van der Waals surface area contributed by atoms with Crippen molar-refractivity contribution in [2.24, 2.45) is 0 Å². The van der Waals surface area contributed by atoms with Gasteiger partial charge in [0.1, 0.15) is 0 Å². The number of nitro groups is 1. The van der Waals surface area contributed by atoms with Crippen molar-refractivity contribution in [3.8, 4) is 0 Å². The Kier molecular flexibility index (Phi) is 9.93. The Labute approximate surface area is 198 Å². The molecule has 0 fully saturated rings. The predicted octanol–water partition coefficient (Wildman–Crippen LogP) is 2.95. The number of nitro benzene ring substituents is 1. The van der Waals surface area contributed by atoms with Gasteiger partial charge < -0.3 is 15.5 Å². The van der Waals surface area contributed by atoms with Crippen LogP contribution in [0.2, 0.25) is 0 Å². The van der Waals surface area contributed by atoms with E-state index >= 15 is 0 Å². The molecule has 0 spiro atoms. The second kappa shape index (κ2) is 12.4. The lowest BCUT2D eigenvalue weighted by Crippen LogP contribution is -2.50. The van der Waals surface area contributed by atoms with Crippen LogP contribution >= 0.6 is 0 Å². The standard InChI is InChI=1S/C22H29N3O8S/c1-3-18(4-2)33-24(34(31,32)19-12-10-17(11-13-19)25(29)30)15-21(26)20(23-22(27)28)14-16-8-6-5-7-9-16/h5-13,18,20-21,23,26H,3-4,14-15H2,1-2H3,(H,27,28)/t20?,21-/m0/s1. The van der Waals surface area contributed by atoms with Crippen LogP contribution in [0.5, 0.6) is 0 Å². The normalized spacial score (nSPS) is 13.6. The molecule has 0 saturated heterocycles. The fourth-order valence-electron chi connectivity index (χ4n) is 3.25. The van der Waals surface area contributed by atoms with Gasteiger partial charge in [-0.25, -0.2) is 13.2 Å². The summed E-state index contributed by atoms with van der Waals surface area (Å²) in [7, 11) is -4.34. The molecule has 2 atom stereocenters. The minimum atomic E-state index is -4.34. The molecule has 12 heteroatoms. The van der Waals surface area contributed by atoms with Gasteiger partial charge >= 0.3 is 6.09 Å². The molecule has 11 nitrogen and oxygen atoms in total. The first-order valence-corrected chi connectivity index (χ1v) is 12.2. The maximum atomic E-state index is 13.3. The number of aliphatic hydroxyl groups is 1. The van der Waals surface area contributed by atoms with Crippen molar-refractivity contribution in [1.82, 2.24) is 9.79 Å². The Balaban J connectivity index is 2.35. The van der Waals surface area contributed by atoms with Crippen LogP contribution < -0.4 is 5.32 Å². The summed E-state index contributed by atoms with van der Waals surface area (Å²) >= 11 is 0. The number of hydrogen-bond acceptors (Lipinski definition) is 7. The van der Waals surface area contributed by atoms with Gasteiger partial charge in [-0.15, -0.1) is 0 Å². The van der Waals surface area contributed by atoms with Gasteiger partial charge in [-0.3, -0.25) is 15.0 Å². The lowest BCUT2D eigenvalue weighted by atomic mass is 10.0. The van der Waals surface area contributed by atoms with Gasteiger partial charge in [-0.2, -0.15) is 0 Å². The predicted molar refractivity (Wildman–Crippen MR) is 124 cm³/mol. The van der Waals surface area contributed by atoms with Gasteiger partial charge in [0, 0.05) is 12.1 Å². The second-order valence-electron chi connectivity index (χ2n) is 7.60. The topological polar surface area (TPSA) is 159 Å². The van der Waals surface area contributed by atoms with E-state index in [9.17, 15) is 33.5 Å². The highest BCUT2D eigenvalue weighted by Crippen LogP contribution is 2.23. The van der Waals surface area contributed by atoms with Crippen LogP contribution in [0, 0.1) is 10.1 Å². The van der Waals surface area contributed by atoms with Crippen molar-refractivity contribution in [2.75, 3.05) is 6.54 Å². The number of non-ortho nitro benzene ring substituents is 1. The number of aliphatic hydroxyl groups excluding tert-OH is 1. The van der Waals surface area contributed by atoms with Gasteiger partial charge in [0.05, 0.1) is 34.6 Å². The van der Waals surface area contributed by atoms with Crippen LogP contribution in [0.15, 0.2) is 59.5 Å². The summed E-state index contributed by atoms with van der Waals surface area (Å²) in [6.07, 6.45) is -2.23. The monoisotopic (exact) mass is 495 g/mol. The van der Waals surface area contributed by atoms with E-state index in [4.69, 9.17) is 4.84 Å². The highest BCUT2D eigenvalue weighted by Gasteiger charge is 2.33. The first-order chi connectivity index (χ1) is 16.1. The number of benzene rings is 2. The van der Waals surface area contributed by atoms with Gasteiger partial charge in [-0.1, -0.05) is 48.6 Å². The summed E-state index contributed by atoms with van der Waals surface area (Å²) in [6.45, 7) is 3.06. The molecule has 0 aliphatic rings. The summed E-state index contributed by atoms with van der Waals surface area (Å²) in [5.74, 6) is 0. The van der Waals surface area contributed by atoms with Crippen LogP contribution in [0.25, 0.3) is 0 Å². The number of nitrogens with zero attached hydrogens (tertiary/aromatic N) is 2. The maximum absolute atomic E-state index is 13.3. The molecule has 0 aromatic heterocycles. The number of amides is 1. The lowest BCUT2D eigenvalue weighted by Gasteiger charge is -2.30. The fourth-order valence-corrected chi connectivity index (χ4v) is 4.55. The van der Waals surface area contributed by atoms with Crippen LogP contribution in [0.4, 0.5) is 10.5 Å². The maximum Gasteiger partial charge on any atom is 0.404 e. The largest absolute Gasteiger partial charge is 0.465 e. The van der Waals surface area contributed by atoms with Gasteiger partial charge in [0.2, 0.25) is 0 Å². The van der Waals surface area contributed by atoms with Gasteiger partial charge in [-0.05, 0) is 37.0 Å². The van der Waals surface area contributed by atoms with Gasteiger partial charge in [0.15, 0.2) is 0 Å². The van der Waals surface area contributed by atoms with E-state index in [1.54, 1.807) is 30.3 Å². The molecule has 1 unspecified atom stereocenters. The van der Waals surface area contributed by atoms with Crippen LogP contribution in [0.1, 0.15) is 32.3 Å². The SMILES string of the molecule is CCC(CC)ON(C[C@H](O)C(Cc1ccccc1)NC(=O)O)S(=O)(=O)c1ccc([N+](=O)[O-])cc1. The molecule has 2 aromatic carbocycles. The number of sulfonamides is 1. The molecule has 186 valence electrons. The van der Waals surface area contributed by atoms with Crippen molar-refractivity contribution in [1.29, 1.82) is 0 Å². The Bertz CT molecular complexity index is 1040. The molecular weight excluding hydrogens is 466 g/mol. The Hall–Kier alpha value is -3.06. The van der Waals surface area contributed by atoms with E-state index in [0.717, 1.165) is 29.8 Å². The number of hydrogen-bond donors (Lipinski definition) is 3. The molecule has 3 N–H and O–H groups in total. The third-order valence-electron chi connectivity index (χ3n) is 5.20. The highest BCUT2D eigenvalue weighted by molar-refractivity contribution is 7.89. The number of rotatable bonds is 13. The molecule has 0 aliphatic heterocycles. The first-order valence-electron chi connectivity index (χ1n) is 10.7.